The van der Waals surface area contributed by atoms with Crippen LogP contribution in [-0.4, -0.2) is 29.4 Å². The molecule has 0 aliphatic carbocycles. The number of hydrogen-bond acceptors (Lipinski definition) is 3. The van der Waals surface area contributed by atoms with E-state index in [0.717, 1.165) is 19.4 Å². The fraction of sp³-hybridized carbons (Fsp3) is 0.600. The average molecular weight is 196 g/mol. The van der Waals surface area contributed by atoms with E-state index >= 15 is 0 Å². The Bertz CT molecular complexity index is 270. The molecule has 0 saturated heterocycles. The van der Waals surface area contributed by atoms with Gasteiger partial charge in [0.05, 0.1) is 12.1 Å². The Morgan fingerprint density at radius 3 is 3.00 bits per heavy atom. The van der Waals surface area contributed by atoms with Crippen molar-refractivity contribution in [2.45, 2.75) is 26.2 Å². The first-order valence-electron chi connectivity index (χ1n) is 4.85. The average Bonchev–Trinajstić information content (AvgIpc) is 2.66. The van der Waals surface area contributed by atoms with Crippen molar-refractivity contribution in [1.29, 1.82) is 0 Å². The van der Waals surface area contributed by atoms with Gasteiger partial charge in [0.2, 0.25) is 5.91 Å². The van der Waals surface area contributed by atoms with E-state index in [9.17, 15) is 4.79 Å². The van der Waals surface area contributed by atoms with E-state index in [4.69, 9.17) is 4.42 Å². The van der Waals surface area contributed by atoms with Crippen molar-refractivity contribution >= 4 is 5.91 Å². The monoisotopic (exact) mass is 196 g/mol. The summed E-state index contributed by atoms with van der Waals surface area (Å²) in [5.41, 5.74) is 0.693. The highest BCUT2D eigenvalue weighted by Gasteiger charge is 2.10. The zero-order chi connectivity index (χ0) is 10.4. The molecular formula is C10H16N2O2. The third kappa shape index (κ3) is 3.20. The molecule has 4 nitrogen and oxygen atoms in total. The maximum absolute atomic E-state index is 11.6. The van der Waals surface area contributed by atoms with Crippen LogP contribution >= 0.6 is 0 Å². The largest absolute Gasteiger partial charge is 0.451 e. The van der Waals surface area contributed by atoms with Gasteiger partial charge in [-0.25, -0.2) is 4.98 Å². The zero-order valence-corrected chi connectivity index (χ0v) is 8.69. The van der Waals surface area contributed by atoms with Gasteiger partial charge in [-0.1, -0.05) is 13.3 Å². The van der Waals surface area contributed by atoms with E-state index in [2.05, 4.69) is 11.9 Å². The van der Waals surface area contributed by atoms with Crippen LogP contribution in [0.4, 0.5) is 0 Å². The van der Waals surface area contributed by atoms with Crippen LogP contribution in [-0.2, 0) is 11.2 Å². The van der Waals surface area contributed by atoms with Gasteiger partial charge >= 0.3 is 0 Å². The second kappa shape index (κ2) is 5.42. The third-order valence-electron chi connectivity index (χ3n) is 2.09. The van der Waals surface area contributed by atoms with Crippen LogP contribution in [0.25, 0.3) is 0 Å². The summed E-state index contributed by atoms with van der Waals surface area (Å²) in [6, 6.07) is 0. The van der Waals surface area contributed by atoms with Crippen LogP contribution in [0.5, 0.6) is 0 Å². The van der Waals surface area contributed by atoms with E-state index in [1.165, 1.54) is 12.7 Å². The van der Waals surface area contributed by atoms with Crippen LogP contribution in [0.15, 0.2) is 17.1 Å². The minimum absolute atomic E-state index is 0.0901. The topological polar surface area (TPSA) is 46.3 Å². The Hall–Kier alpha value is -1.32. The molecule has 78 valence electrons. The highest BCUT2D eigenvalue weighted by atomic mass is 16.3. The minimum Gasteiger partial charge on any atom is -0.451 e. The Labute approximate surface area is 83.9 Å². The first-order chi connectivity index (χ1) is 6.74. The second-order valence-electron chi connectivity index (χ2n) is 3.33. The molecular weight excluding hydrogens is 180 g/mol. The molecule has 0 unspecified atom stereocenters. The number of amides is 1. The van der Waals surface area contributed by atoms with Crippen LogP contribution < -0.4 is 0 Å². The number of likely N-dealkylation sites (N-methyl/N-ethyl adjacent to an activating group) is 1. The molecule has 1 amide bonds. The Balaban J connectivity index is 2.34. The molecule has 0 aliphatic heterocycles. The number of oxazole rings is 1. The van der Waals surface area contributed by atoms with Crippen molar-refractivity contribution < 1.29 is 9.21 Å². The summed E-state index contributed by atoms with van der Waals surface area (Å²) in [6.07, 6.45) is 5.32. The fourth-order valence-electron chi connectivity index (χ4n) is 1.13. The van der Waals surface area contributed by atoms with Crippen molar-refractivity contribution in [3.8, 4) is 0 Å². The lowest BCUT2D eigenvalue weighted by atomic mass is 10.2. The van der Waals surface area contributed by atoms with Crippen molar-refractivity contribution in [3.63, 3.8) is 0 Å². The van der Waals surface area contributed by atoms with Gasteiger partial charge in [-0.2, -0.15) is 0 Å². The lowest BCUT2D eigenvalue weighted by Gasteiger charge is -2.15. The molecule has 1 aromatic rings. The molecule has 0 saturated carbocycles. The molecule has 14 heavy (non-hydrogen) atoms. The van der Waals surface area contributed by atoms with Gasteiger partial charge in [0, 0.05) is 13.6 Å². The van der Waals surface area contributed by atoms with Crippen LogP contribution in [0, 0.1) is 0 Å². The molecule has 0 N–H and O–H groups in total. The highest BCUT2D eigenvalue weighted by molar-refractivity contribution is 5.77. The van der Waals surface area contributed by atoms with Crippen molar-refractivity contribution in [1.82, 2.24) is 9.88 Å². The van der Waals surface area contributed by atoms with Gasteiger partial charge in [-0.15, -0.1) is 0 Å². The van der Waals surface area contributed by atoms with Gasteiger partial charge in [-0.05, 0) is 6.42 Å². The third-order valence-corrected chi connectivity index (χ3v) is 2.09. The molecule has 0 aliphatic rings. The maximum atomic E-state index is 11.6. The summed E-state index contributed by atoms with van der Waals surface area (Å²) in [5.74, 6) is 0.0901. The number of rotatable bonds is 5. The molecule has 0 atom stereocenters. The van der Waals surface area contributed by atoms with Crippen molar-refractivity contribution in [2.24, 2.45) is 0 Å². The highest BCUT2D eigenvalue weighted by Crippen LogP contribution is 2.00. The molecule has 0 radical (unpaired) electrons. The Morgan fingerprint density at radius 1 is 1.64 bits per heavy atom. The molecule has 0 bridgehead atoms. The summed E-state index contributed by atoms with van der Waals surface area (Å²) in [5, 5.41) is 0. The van der Waals surface area contributed by atoms with E-state index in [1.54, 1.807) is 4.90 Å². The molecule has 1 aromatic heterocycles. The number of hydrogen-bond donors (Lipinski definition) is 0. The van der Waals surface area contributed by atoms with E-state index < -0.39 is 0 Å². The standard InChI is InChI=1S/C10H16N2O2/c1-3-4-5-12(2)10(13)6-9-7-14-8-11-9/h7-8H,3-6H2,1-2H3. The predicted octanol–water partition coefficient (Wildman–Crippen LogP) is 1.48. The quantitative estimate of drug-likeness (QED) is 0.716. The lowest BCUT2D eigenvalue weighted by molar-refractivity contribution is -0.129. The number of nitrogens with zero attached hydrogens (tertiary/aromatic N) is 2. The number of carbonyl (C=O) groups excluding carboxylic acids is 1. The van der Waals surface area contributed by atoms with Crippen LogP contribution in [0.2, 0.25) is 0 Å². The van der Waals surface area contributed by atoms with Gasteiger partial charge in [-0.3, -0.25) is 4.79 Å². The van der Waals surface area contributed by atoms with E-state index in [1.807, 2.05) is 7.05 Å². The Kier molecular flexibility index (Phi) is 4.16. The maximum Gasteiger partial charge on any atom is 0.228 e. The van der Waals surface area contributed by atoms with Crippen LogP contribution in [0.3, 0.4) is 0 Å². The molecule has 0 spiro atoms. The fourth-order valence-corrected chi connectivity index (χ4v) is 1.13. The van der Waals surface area contributed by atoms with Gasteiger partial charge in [0.25, 0.3) is 0 Å². The smallest absolute Gasteiger partial charge is 0.228 e. The molecule has 1 rings (SSSR count). The van der Waals surface area contributed by atoms with Crippen LogP contribution in [0.1, 0.15) is 25.5 Å². The lowest BCUT2D eigenvalue weighted by Crippen LogP contribution is -2.29. The van der Waals surface area contributed by atoms with Gasteiger partial charge in [0.1, 0.15) is 6.26 Å². The predicted molar refractivity (Wildman–Crippen MR) is 52.8 cm³/mol. The zero-order valence-electron chi connectivity index (χ0n) is 8.69. The SMILES string of the molecule is CCCCN(C)C(=O)Cc1cocn1. The van der Waals surface area contributed by atoms with Crippen molar-refractivity contribution in [2.75, 3.05) is 13.6 Å². The summed E-state index contributed by atoms with van der Waals surface area (Å²) < 4.78 is 4.79. The van der Waals surface area contributed by atoms with E-state index in [0.29, 0.717) is 12.1 Å². The summed E-state index contributed by atoms with van der Waals surface area (Å²) in [4.78, 5) is 17.2. The number of aromatic nitrogens is 1. The molecule has 0 fully saturated rings. The van der Waals surface area contributed by atoms with Crippen molar-refractivity contribution in [3.05, 3.63) is 18.4 Å². The summed E-state index contributed by atoms with van der Waals surface area (Å²) in [7, 11) is 1.82. The van der Waals surface area contributed by atoms with Gasteiger partial charge < -0.3 is 9.32 Å². The summed E-state index contributed by atoms with van der Waals surface area (Å²) in [6.45, 7) is 2.92. The molecule has 4 heteroatoms. The Morgan fingerprint density at radius 2 is 2.43 bits per heavy atom. The first kappa shape index (κ1) is 10.8. The second-order valence-corrected chi connectivity index (χ2v) is 3.33. The minimum atomic E-state index is 0.0901. The van der Waals surface area contributed by atoms with E-state index in [-0.39, 0.29) is 5.91 Å². The molecule has 1 heterocycles. The number of unbranched alkanes of at least 4 members (excludes halogenated alkanes) is 1. The normalized spacial score (nSPS) is 10.1. The summed E-state index contributed by atoms with van der Waals surface area (Å²) >= 11 is 0. The first-order valence-corrected chi connectivity index (χ1v) is 4.85. The number of carbonyl (C=O) groups is 1. The van der Waals surface area contributed by atoms with Gasteiger partial charge in [0.15, 0.2) is 6.39 Å². The molecule has 0 aromatic carbocycles.